The molecule has 0 saturated heterocycles. The number of nitrogens with one attached hydrogen (secondary N) is 1. The zero-order chi connectivity index (χ0) is 24.7. The van der Waals surface area contributed by atoms with Gasteiger partial charge < -0.3 is 14.8 Å². The maximum absolute atomic E-state index is 14.5. The van der Waals surface area contributed by atoms with E-state index in [-0.39, 0.29) is 17.9 Å². The van der Waals surface area contributed by atoms with E-state index in [1.165, 1.54) is 12.3 Å². The monoisotopic (exact) mass is 464 g/mol. The first-order valence-electron chi connectivity index (χ1n) is 11.2. The van der Waals surface area contributed by atoms with Crippen LogP contribution in [0, 0.1) is 12.7 Å². The normalized spacial score (nSPS) is 10.4. The van der Waals surface area contributed by atoms with Gasteiger partial charge in [-0.15, -0.1) is 0 Å². The quantitative estimate of drug-likeness (QED) is 0.344. The van der Waals surface area contributed by atoms with Crippen molar-refractivity contribution < 1.29 is 18.7 Å². The predicted molar refractivity (Wildman–Crippen MR) is 131 cm³/mol. The average molecular weight is 465 g/mol. The first kappa shape index (κ1) is 24.7. The number of aryl methyl sites for hydroxylation is 1. The summed E-state index contributed by atoms with van der Waals surface area (Å²) in [6, 6.07) is 12.5. The van der Waals surface area contributed by atoms with Crippen LogP contribution in [0.25, 0.3) is 11.0 Å². The molecule has 0 fully saturated rings. The fourth-order valence-corrected chi connectivity index (χ4v) is 3.40. The van der Waals surface area contributed by atoms with Crippen molar-refractivity contribution in [1.82, 2.24) is 14.8 Å². The van der Waals surface area contributed by atoms with Crippen molar-refractivity contribution in [3.8, 4) is 5.75 Å². The van der Waals surface area contributed by atoms with E-state index in [1.807, 2.05) is 45.0 Å². The molecule has 0 amide bonds. The van der Waals surface area contributed by atoms with Crippen LogP contribution in [-0.2, 0) is 11.3 Å². The molecule has 178 valence electrons. The molecule has 0 unspecified atom stereocenters. The molecule has 0 bridgehead atoms. The first-order valence-corrected chi connectivity index (χ1v) is 11.2. The van der Waals surface area contributed by atoms with Crippen molar-refractivity contribution >= 4 is 28.4 Å². The van der Waals surface area contributed by atoms with Crippen LogP contribution >= 0.6 is 0 Å². The van der Waals surface area contributed by atoms with Crippen molar-refractivity contribution in [3.63, 3.8) is 0 Å². The number of hydrogen-bond donors (Lipinski definition) is 1. The van der Waals surface area contributed by atoms with E-state index >= 15 is 0 Å². The van der Waals surface area contributed by atoms with Gasteiger partial charge in [-0.1, -0.05) is 32.0 Å². The van der Waals surface area contributed by atoms with Gasteiger partial charge in [-0.3, -0.25) is 0 Å². The van der Waals surface area contributed by atoms with Gasteiger partial charge in [0, 0.05) is 6.20 Å². The molecular weight excluding hydrogens is 435 g/mol. The van der Waals surface area contributed by atoms with Crippen LogP contribution in [0.2, 0.25) is 0 Å². The summed E-state index contributed by atoms with van der Waals surface area (Å²) in [6.45, 7) is 8.22. The fourth-order valence-electron chi connectivity index (χ4n) is 3.40. The summed E-state index contributed by atoms with van der Waals surface area (Å²) < 4.78 is 26.7. The Morgan fingerprint density at radius 2 is 1.85 bits per heavy atom. The molecule has 7 nitrogen and oxygen atoms in total. The smallest absolute Gasteiger partial charge is 0.341 e. The van der Waals surface area contributed by atoms with Crippen LogP contribution in [-0.4, -0.2) is 34.5 Å². The number of rotatable bonds is 7. The highest BCUT2D eigenvalue weighted by atomic mass is 19.1. The molecule has 8 heteroatoms. The van der Waals surface area contributed by atoms with E-state index in [2.05, 4.69) is 15.4 Å². The SMILES string of the molecule is CC.CCOC(=O)c1cnc2c(cnn2Cc2ccc(OC)cc2)c1Nc1ccc(C)cc1F. The van der Waals surface area contributed by atoms with Gasteiger partial charge in [-0.25, -0.2) is 18.9 Å². The molecule has 0 aliphatic rings. The third-order valence-electron chi connectivity index (χ3n) is 5.04. The van der Waals surface area contributed by atoms with Gasteiger partial charge in [0.2, 0.25) is 0 Å². The molecule has 2 aromatic heterocycles. The Hall–Kier alpha value is -3.94. The maximum Gasteiger partial charge on any atom is 0.341 e. The second-order valence-corrected chi connectivity index (χ2v) is 7.26. The summed E-state index contributed by atoms with van der Waals surface area (Å²) in [5.41, 5.74) is 3.22. The molecule has 0 radical (unpaired) electrons. The number of esters is 1. The molecule has 1 N–H and O–H groups in total. The van der Waals surface area contributed by atoms with Crippen molar-refractivity contribution in [2.45, 2.75) is 34.2 Å². The van der Waals surface area contributed by atoms with E-state index in [0.29, 0.717) is 23.3 Å². The second-order valence-electron chi connectivity index (χ2n) is 7.26. The Morgan fingerprint density at radius 3 is 2.50 bits per heavy atom. The largest absolute Gasteiger partial charge is 0.497 e. The molecule has 2 heterocycles. The van der Waals surface area contributed by atoms with Gasteiger partial charge >= 0.3 is 5.97 Å². The number of aromatic nitrogens is 3. The van der Waals surface area contributed by atoms with Gasteiger partial charge in [0.05, 0.1) is 43.2 Å². The summed E-state index contributed by atoms with van der Waals surface area (Å²) in [4.78, 5) is 17.0. The fraction of sp³-hybridized carbons (Fsp3) is 0.269. The van der Waals surface area contributed by atoms with Crippen molar-refractivity contribution in [2.24, 2.45) is 0 Å². The molecule has 0 atom stereocenters. The Balaban J connectivity index is 0.00000158. The van der Waals surface area contributed by atoms with Crippen LogP contribution in [0.3, 0.4) is 0 Å². The highest BCUT2D eigenvalue weighted by molar-refractivity contribution is 6.05. The van der Waals surface area contributed by atoms with Gasteiger partial charge in [0.1, 0.15) is 17.1 Å². The molecule has 0 aliphatic heterocycles. The Kier molecular flexibility index (Phi) is 8.19. The van der Waals surface area contributed by atoms with E-state index in [4.69, 9.17) is 9.47 Å². The topological polar surface area (TPSA) is 78.3 Å². The number of pyridine rings is 1. The number of fused-ring (bicyclic) bond motifs is 1. The molecule has 34 heavy (non-hydrogen) atoms. The highest BCUT2D eigenvalue weighted by Gasteiger charge is 2.20. The van der Waals surface area contributed by atoms with E-state index in [1.54, 1.807) is 37.0 Å². The summed E-state index contributed by atoms with van der Waals surface area (Å²) in [5.74, 6) is -0.196. The van der Waals surface area contributed by atoms with Crippen molar-refractivity contribution in [2.75, 3.05) is 19.0 Å². The van der Waals surface area contributed by atoms with Gasteiger partial charge in [-0.2, -0.15) is 5.10 Å². The standard InChI is InChI=1S/C24H23FN4O3.C2H6/c1-4-32-24(30)19-12-26-23-18(22(19)28-21-10-5-15(2)11-20(21)25)13-27-29(23)14-16-6-8-17(31-3)9-7-16;1-2/h5-13H,4,14H2,1-3H3,(H,26,28);1-2H3. The van der Waals surface area contributed by atoms with Gasteiger partial charge in [-0.05, 0) is 49.2 Å². The summed E-state index contributed by atoms with van der Waals surface area (Å²) in [7, 11) is 1.62. The first-order chi connectivity index (χ1) is 16.5. The van der Waals surface area contributed by atoms with Gasteiger partial charge in [0.15, 0.2) is 5.65 Å². The minimum atomic E-state index is -0.542. The Morgan fingerprint density at radius 1 is 1.12 bits per heavy atom. The Labute approximate surface area is 198 Å². The lowest BCUT2D eigenvalue weighted by molar-refractivity contribution is 0.0527. The van der Waals surface area contributed by atoms with Crippen molar-refractivity contribution in [1.29, 1.82) is 0 Å². The summed E-state index contributed by atoms with van der Waals surface area (Å²) >= 11 is 0. The zero-order valence-corrected chi connectivity index (χ0v) is 20.1. The lowest BCUT2D eigenvalue weighted by Gasteiger charge is -2.14. The Bertz CT molecular complexity index is 1270. The number of ether oxygens (including phenoxy) is 2. The number of anilines is 2. The zero-order valence-electron chi connectivity index (χ0n) is 20.1. The van der Waals surface area contributed by atoms with Crippen LogP contribution < -0.4 is 10.1 Å². The summed E-state index contributed by atoms with van der Waals surface area (Å²) in [6.07, 6.45) is 3.05. The molecular formula is C26H29FN4O3. The van der Waals surface area contributed by atoms with Crippen LogP contribution in [0.15, 0.2) is 54.9 Å². The third kappa shape index (κ3) is 5.33. The van der Waals surface area contributed by atoms with Crippen molar-refractivity contribution in [3.05, 3.63) is 77.4 Å². The van der Waals surface area contributed by atoms with E-state index in [9.17, 15) is 9.18 Å². The van der Waals surface area contributed by atoms with Gasteiger partial charge in [0.25, 0.3) is 0 Å². The van der Waals surface area contributed by atoms with Crippen LogP contribution in [0.1, 0.15) is 42.3 Å². The molecule has 0 aliphatic carbocycles. The highest BCUT2D eigenvalue weighted by Crippen LogP contribution is 2.31. The minimum absolute atomic E-state index is 0.211. The number of carbonyl (C=O) groups is 1. The van der Waals surface area contributed by atoms with E-state index in [0.717, 1.165) is 16.9 Å². The molecule has 0 saturated carbocycles. The number of halogens is 1. The molecule has 2 aromatic carbocycles. The number of nitrogens with zero attached hydrogens (tertiary/aromatic N) is 3. The molecule has 4 aromatic rings. The molecule has 4 rings (SSSR count). The van der Waals surface area contributed by atoms with Crippen LogP contribution in [0.4, 0.5) is 15.8 Å². The number of methoxy groups -OCH3 is 1. The van der Waals surface area contributed by atoms with E-state index < -0.39 is 11.8 Å². The predicted octanol–water partition coefficient (Wildman–Crippen LogP) is 5.88. The second kappa shape index (κ2) is 11.3. The number of hydrogen-bond acceptors (Lipinski definition) is 6. The number of carbonyl (C=O) groups excluding carboxylic acids is 1. The average Bonchev–Trinajstić information content (AvgIpc) is 3.26. The summed E-state index contributed by atoms with van der Waals surface area (Å²) in [5, 5.41) is 8.10. The number of benzene rings is 2. The van der Waals surface area contributed by atoms with Crippen LogP contribution in [0.5, 0.6) is 5.75 Å². The minimum Gasteiger partial charge on any atom is -0.497 e. The third-order valence-corrected chi connectivity index (χ3v) is 5.04. The molecule has 0 spiro atoms. The lowest BCUT2D eigenvalue weighted by Crippen LogP contribution is -2.10. The lowest BCUT2D eigenvalue weighted by atomic mass is 10.1. The maximum atomic E-state index is 14.5.